The summed E-state index contributed by atoms with van der Waals surface area (Å²) < 4.78 is 35.4. The highest BCUT2D eigenvalue weighted by molar-refractivity contribution is 7.90. The third-order valence-corrected chi connectivity index (χ3v) is 7.24. The molecule has 0 aliphatic carbocycles. The fourth-order valence-corrected chi connectivity index (χ4v) is 5.51. The molecular formula is C24H23N5O5S. The molecule has 1 atom stereocenters. The Hall–Kier alpha value is -3.99. The zero-order valence-corrected chi connectivity index (χ0v) is 19.7. The number of benzene rings is 2. The number of anilines is 1. The molecule has 2 aliphatic rings. The van der Waals surface area contributed by atoms with Gasteiger partial charge in [0.05, 0.1) is 12.3 Å². The molecule has 1 saturated heterocycles. The van der Waals surface area contributed by atoms with Crippen LogP contribution < -0.4 is 5.32 Å². The number of sulfonamides is 1. The number of ether oxygens (including phenoxy) is 1. The van der Waals surface area contributed by atoms with E-state index in [2.05, 4.69) is 14.8 Å². The van der Waals surface area contributed by atoms with Crippen molar-refractivity contribution in [2.75, 3.05) is 18.5 Å². The lowest BCUT2D eigenvalue weighted by Crippen LogP contribution is -2.43. The van der Waals surface area contributed by atoms with Gasteiger partial charge in [-0.3, -0.25) is 4.79 Å². The number of carbonyl (C=O) groups is 2. The monoisotopic (exact) mass is 493 g/mol. The lowest BCUT2D eigenvalue weighted by molar-refractivity contribution is -0.119. The molecule has 0 saturated carbocycles. The van der Waals surface area contributed by atoms with E-state index >= 15 is 0 Å². The number of hydrogen-bond acceptors (Lipinski definition) is 7. The summed E-state index contributed by atoms with van der Waals surface area (Å²) in [6.07, 6.45) is 3.00. The summed E-state index contributed by atoms with van der Waals surface area (Å²) in [5.41, 5.74) is 2.04. The van der Waals surface area contributed by atoms with Crippen molar-refractivity contribution in [1.82, 2.24) is 14.7 Å². The highest BCUT2D eigenvalue weighted by Gasteiger charge is 2.39. The fourth-order valence-electron chi connectivity index (χ4n) is 4.29. The van der Waals surface area contributed by atoms with Crippen LogP contribution in [0.3, 0.4) is 0 Å². The molecule has 1 amide bonds. The molecule has 0 radical (unpaired) electrons. The molecule has 180 valence electrons. The van der Waals surface area contributed by atoms with Crippen LogP contribution in [-0.2, 0) is 19.6 Å². The summed E-state index contributed by atoms with van der Waals surface area (Å²) in [4.78, 5) is 26.9. The molecule has 5 rings (SSSR count). The van der Waals surface area contributed by atoms with Gasteiger partial charge in [-0.2, -0.15) is 13.5 Å². The van der Waals surface area contributed by atoms with Gasteiger partial charge in [-0.05, 0) is 62.2 Å². The smallest absolute Gasteiger partial charge is 0.358 e. The first-order chi connectivity index (χ1) is 16.9. The lowest BCUT2D eigenvalue weighted by Gasteiger charge is -2.25. The van der Waals surface area contributed by atoms with Crippen LogP contribution >= 0.6 is 0 Å². The van der Waals surface area contributed by atoms with E-state index in [0.29, 0.717) is 35.7 Å². The van der Waals surface area contributed by atoms with Crippen molar-refractivity contribution in [1.29, 1.82) is 0 Å². The standard InChI is InChI=1S/C24H23N5O5S/c1-2-34-24(31)19-13-15-29(26-19)17-11-9-16(10-12-17)25-23(30)20-7-5-14-28(20)22-18-6-3-4-8-21(18)35(32,33)27-22/h3-4,6,8-13,15,20H,2,5,7,14H2,1H3,(H,25,30)/t20-/m0/s1. The summed E-state index contributed by atoms with van der Waals surface area (Å²) in [5.74, 6) is -0.397. The zero-order valence-electron chi connectivity index (χ0n) is 18.9. The third kappa shape index (κ3) is 4.30. The van der Waals surface area contributed by atoms with Gasteiger partial charge in [0, 0.05) is 24.0 Å². The van der Waals surface area contributed by atoms with Gasteiger partial charge in [0.2, 0.25) is 5.91 Å². The number of likely N-dealkylation sites (tertiary alicyclic amines) is 1. The minimum absolute atomic E-state index is 0.168. The van der Waals surface area contributed by atoms with Gasteiger partial charge in [0.25, 0.3) is 10.0 Å². The normalized spacial score (nSPS) is 18.1. The molecule has 3 heterocycles. The summed E-state index contributed by atoms with van der Waals surface area (Å²) in [6.45, 7) is 2.55. The van der Waals surface area contributed by atoms with Crippen molar-refractivity contribution in [2.45, 2.75) is 30.7 Å². The summed E-state index contributed by atoms with van der Waals surface area (Å²) in [7, 11) is -3.76. The average molecular weight is 494 g/mol. The van der Waals surface area contributed by atoms with Crippen molar-refractivity contribution in [2.24, 2.45) is 4.40 Å². The number of nitrogens with one attached hydrogen (secondary N) is 1. The van der Waals surface area contributed by atoms with Gasteiger partial charge >= 0.3 is 5.97 Å². The summed E-state index contributed by atoms with van der Waals surface area (Å²) in [6, 6.07) is 14.7. The molecular weight excluding hydrogens is 470 g/mol. The Bertz CT molecular complexity index is 1430. The van der Waals surface area contributed by atoms with Crippen LogP contribution in [0.15, 0.2) is 70.1 Å². The van der Waals surface area contributed by atoms with E-state index in [4.69, 9.17) is 4.74 Å². The SMILES string of the molecule is CCOC(=O)c1ccn(-c2ccc(NC(=O)[C@@H]3CCCN3C3=NS(=O)(=O)c4ccccc43)cc2)n1. The Labute approximate surface area is 202 Å². The molecule has 0 unspecified atom stereocenters. The Morgan fingerprint density at radius 3 is 2.66 bits per heavy atom. The molecule has 0 bridgehead atoms. The molecule has 35 heavy (non-hydrogen) atoms. The number of hydrogen-bond donors (Lipinski definition) is 1. The van der Waals surface area contributed by atoms with Crippen LogP contribution in [0.1, 0.15) is 35.8 Å². The minimum Gasteiger partial charge on any atom is -0.461 e. The Morgan fingerprint density at radius 2 is 1.89 bits per heavy atom. The van der Waals surface area contributed by atoms with Crippen LogP contribution in [-0.4, -0.2) is 60.0 Å². The maximum atomic E-state index is 13.1. The number of nitrogens with zero attached hydrogens (tertiary/aromatic N) is 4. The van der Waals surface area contributed by atoms with Crippen LogP contribution in [0.5, 0.6) is 0 Å². The van der Waals surface area contributed by atoms with Crippen LogP contribution in [0.25, 0.3) is 5.69 Å². The van der Waals surface area contributed by atoms with E-state index in [-0.39, 0.29) is 23.1 Å². The Morgan fingerprint density at radius 1 is 1.11 bits per heavy atom. The molecule has 2 aliphatic heterocycles. The topological polar surface area (TPSA) is 123 Å². The molecule has 1 N–H and O–H groups in total. The van der Waals surface area contributed by atoms with Gasteiger partial charge in [-0.15, -0.1) is 4.40 Å². The van der Waals surface area contributed by atoms with Crippen molar-refractivity contribution in [3.63, 3.8) is 0 Å². The van der Waals surface area contributed by atoms with Gasteiger partial charge in [0.15, 0.2) is 11.5 Å². The van der Waals surface area contributed by atoms with E-state index in [9.17, 15) is 18.0 Å². The van der Waals surface area contributed by atoms with E-state index in [1.807, 2.05) is 0 Å². The van der Waals surface area contributed by atoms with Gasteiger partial charge < -0.3 is 15.0 Å². The number of aromatic nitrogens is 2. The van der Waals surface area contributed by atoms with E-state index < -0.39 is 22.0 Å². The number of carbonyl (C=O) groups excluding carboxylic acids is 2. The predicted molar refractivity (Wildman–Crippen MR) is 128 cm³/mol. The molecule has 2 aromatic carbocycles. The van der Waals surface area contributed by atoms with Crippen molar-refractivity contribution in [3.05, 3.63) is 72.1 Å². The number of rotatable bonds is 5. The van der Waals surface area contributed by atoms with Crippen LogP contribution in [0.2, 0.25) is 0 Å². The number of amides is 1. The van der Waals surface area contributed by atoms with E-state index in [1.54, 1.807) is 71.2 Å². The molecule has 0 spiro atoms. The van der Waals surface area contributed by atoms with Crippen LogP contribution in [0, 0.1) is 0 Å². The van der Waals surface area contributed by atoms with Crippen molar-refractivity contribution < 1.29 is 22.7 Å². The zero-order chi connectivity index (χ0) is 24.6. The molecule has 10 nitrogen and oxygen atoms in total. The first-order valence-corrected chi connectivity index (χ1v) is 12.7. The first kappa shape index (κ1) is 22.8. The van der Waals surface area contributed by atoms with Crippen molar-refractivity contribution >= 4 is 33.4 Å². The second-order valence-corrected chi connectivity index (χ2v) is 9.71. The minimum atomic E-state index is -3.76. The summed E-state index contributed by atoms with van der Waals surface area (Å²) in [5, 5.41) is 7.13. The Balaban J connectivity index is 1.30. The van der Waals surface area contributed by atoms with Crippen LogP contribution in [0.4, 0.5) is 5.69 Å². The predicted octanol–water partition coefficient (Wildman–Crippen LogP) is 2.60. The number of esters is 1. The molecule has 11 heteroatoms. The molecule has 3 aromatic rings. The summed E-state index contributed by atoms with van der Waals surface area (Å²) >= 11 is 0. The van der Waals surface area contributed by atoms with E-state index in [1.165, 1.54) is 6.07 Å². The number of amidine groups is 1. The Kier molecular flexibility index (Phi) is 5.85. The maximum Gasteiger partial charge on any atom is 0.358 e. The largest absolute Gasteiger partial charge is 0.461 e. The van der Waals surface area contributed by atoms with Crippen molar-refractivity contribution in [3.8, 4) is 5.69 Å². The van der Waals surface area contributed by atoms with Gasteiger partial charge in [-0.25, -0.2) is 9.48 Å². The van der Waals surface area contributed by atoms with E-state index in [0.717, 1.165) is 6.42 Å². The fraction of sp³-hybridized carbons (Fsp3) is 0.250. The highest BCUT2D eigenvalue weighted by Crippen LogP contribution is 2.31. The third-order valence-electron chi connectivity index (χ3n) is 5.91. The molecule has 1 fully saturated rings. The second kappa shape index (κ2) is 8.99. The first-order valence-electron chi connectivity index (χ1n) is 11.2. The second-order valence-electron chi connectivity index (χ2n) is 8.14. The average Bonchev–Trinajstić information content (AvgIpc) is 3.58. The lowest BCUT2D eigenvalue weighted by atomic mass is 10.1. The quantitative estimate of drug-likeness (QED) is 0.542. The van der Waals surface area contributed by atoms with Gasteiger partial charge in [0.1, 0.15) is 10.9 Å². The van der Waals surface area contributed by atoms with Gasteiger partial charge in [-0.1, -0.05) is 12.1 Å². The molecule has 1 aromatic heterocycles. The maximum absolute atomic E-state index is 13.1. The highest BCUT2D eigenvalue weighted by atomic mass is 32.2. The number of fused-ring (bicyclic) bond motifs is 1.